The maximum atomic E-state index is 14.3. The lowest BCUT2D eigenvalue weighted by Crippen LogP contribution is -2.44. The lowest BCUT2D eigenvalue weighted by molar-refractivity contribution is 0.169. The highest BCUT2D eigenvalue weighted by molar-refractivity contribution is 9.10. The van der Waals surface area contributed by atoms with Crippen LogP contribution >= 0.6 is 15.9 Å². The number of nitrogens with zero attached hydrogens (tertiary/aromatic N) is 1. The third kappa shape index (κ3) is 2.92. The van der Waals surface area contributed by atoms with Gasteiger partial charge in [0.2, 0.25) is 0 Å². The van der Waals surface area contributed by atoms with Crippen molar-refractivity contribution >= 4 is 15.9 Å². The topological polar surface area (TPSA) is 33.7 Å². The molecule has 0 aromatic heterocycles. The normalized spacial score (nSPS) is 19.1. The van der Waals surface area contributed by atoms with Crippen molar-refractivity contribution < 1.29 is 13.9 Å². The van der Waals surface area contributed by atoms with Crippen LogP contribution in [0, 0.1) is 5.82 Å². The summed E-state index contributed by atoms with van der Waals surface area (Å²) in [5, 5.41) is 3.31. The first-order valence-corrected chi connectivity index (χ1v) is 7.74. The Labute approximate surface area is 126 Å². The maximum absolute atomic E-state index is 14.3. The number of ether oxygens (including phenoxy) is 2. The first kappa shape index (κ1) is 14.1. The van der Waals surface area contributed by atoms with Gasteiger partial charge in [0.15, 0.2) is 11.5 Å². The molecule has 3 rings (SSSR count). The predicted molar refractivity (Wildman–Crippen MR) is 78.1 cm³/mol. The molecule has 0 spiro atoms. The Kier molecular flexibility index (Phi) is 4.43. The van der Waals surface area contributed by atoms with Crippen LogP contribution in [0.3, 0.4) is 0 Å². The minimum atomic E-state index is -0.232. The summed E-state index contributed by atoms with van der Waals surface area (Å²) in [6.07, 6.45) is 0.682. The van der Waals surface area contributed by atoms with Crippen LogP contribution in [0.1, 0.15) is 5.56 Å². The number of halogens is 2. The van der Waals surface area contributed by atoms with Crippen molar-refractivity contribution in [3.8, 4) is 11.5 Å². The summed E-state index contributed by atoms with van der Waals surface area (Å²) in [4.78, 5) is 2.35. The van der Waals surface area contributed by atoms with Gasteiger partial charge in [-0.05, 0) is 34.0 Å². The first-order chi connectivity index (χ1) is 9.75. The summed E-state index contributed by atoms with van der Waals surface area (Å²) in [5.41, 5.74) is 0.680. The van der Waals surface area contributed by atoms with Gasteiger partial charge in [0.05, 0.1) is 4.47 Å². The SMILES string of the molecule is Fc1c(CCN2CCNCC2)cc2c(c1Br)OCCO2. The molecule has 0 amide bonds. The molecule has 1 aromatic carbocycles. The standard InChI is InChI=1S/C14H18BrFN2O2/c15-12-13(16)10(1-4-18-5-2-17-3-6-18)9-11-14(12)20-8-7-19-11/h9,17H,1-8H2. The van der Waals surface area contributed by atoms with E-state index in [1.165, 1.54) is 0 Å². The van der Waals surface area contributed by atoms with Gasteiger partial charge in [-0.1, -0.05) is 0 Å². The smallest absolute Gasteiger partial charge is 0.178 e. The van der Waals surface area contributed by atoms with E-state index < -0.39 is 0 Å². The van der Waals surface area contributed by atoms with E-state index in [1.807, 2.05) is 0 Å². The van der Waals surface area contributed by atoms with E-state index in [4.69, 9.17) is 9.47 Å². The summed E-state index contributed by atoms with van der Waals surface area (Å²) >= 11 is 3.28. The summed E-state index contributed by atoms with van der Waals surface area (Å²) < 4.78 is 25.7. The number of rotatable bonds is 3. The van der Waals surface area contributed by atoms with Crippen LogP contribution in [-0.4, -0.2) is 50.8 Å². The van der Waals surface area contributed by atoms with Crippen molar-refractivity contribution in [2.45, 2.75) is 6.42 Å². The van der Waals surface area contributed by atoms with Crippen LogP contribution in [0.4, 0.5) is 4.39 Å². The number of fused-ring (bicyclic) bond motifs is 1. The second-order valence-electron chi connectivity index (χ2n) is 5.03. The van der Waals surface area contributed by atoms with Gasteiger partial charge >= 0.3 is 0 Å². The van der Waals surface area contributed by atoms with E-state index >= 15 is 0 Å². The Bertz CT molecular complexity index is 493. The van der Waals surface area contributed by atoms with Crippen molar-refractivity contribution in [3.63, 3.8) is 0 Å². The average molecular weight is 345 g/mol. The molecule has 0 saturated carbocycles. The second kappa shape index (κ2) is 6.28. The Balaban J connectivity index is 1.73. The molecule has 0 aliphatic carbocycles. The molecule has 4 nitrogen and oxygen atoms in total. The summed E-state index contributed by atoms with van der Waals surface area (Å²) in [5.74, 6) is 0.892. The van der Waals surface area contributed by atoms with Gasteiger partial charge < -0.3 is 19.7 Å². The van der Waals surface area contributed by atoms with E-state index in [0.717, 1.165) is 32.7 Å². The largest absolute Gasteiger partial charge is 0.486 e. The third-order valence-corrected chi connectivity index (χ3v) is 4.41. The molecular weight excluding hydrogens is 327 g/mol. The van der Waals surface area contributed by atoms with Gasteiger partial charge in [-0.25, -0.2) is 4.39 Å². The van der Waals surface area contributed by atoms with Crippen LogP contribution in [0.15, 0.2) is 10.5 Å². The molecule has 2 heterocycles. The molecular formula is C14H18BrFN2O2. The van der Waals surface area contributed by atoms with Crippen LogP contribution in [0.25, 0.3) is 0 Å². The van der Waals surface area contributed by atoms with Crippen molar-refractivity contribution in [1.82, 2.24) is 10.2 Å². The van der Waals surface area contributed by atoms with Gasteiger partial charge in [0.25, 0.3) is 0 Å². The van der Waals surface area contributed by atoms with Gasteiger partial charge in [0, 0.05) is 32.7 Å². The number of nitrogens with one attached hydrogen (secondary N) is 1. The van der Waals surface area contributed by atoms with E-state index in [-0.39, 0.29) is 5.82 Å². The van der Waals surface area contributed by atoms with E-state index in [2.05, 4.69) is 26.1 Å². The average Bonchev–Trinajstić information content (AvgIpc) is 2.50. The highest BCUT2D eigenvalue weighted by Gasteiger charge is 2.22. The monoisotopic (exact) mass is 344 g/mol. The fourth-order valence-corrected chi connectivity index (χ4v) is 3.13. The first-order valence-electron chi connectivity index (χ1n) is 6.95. The van der Waals surface area contributed by atoms with Crippen LogP contribution in [0.5, 0.6) is 11.5 Å². The Morgan fingerprint density at radius 3 is 2.80 bits per heavy atom. The Hall–Kier alpha value is -0.850. The lowest BCUT2D eigenvalue weighted by Gasteiger charge is -2.27. The van der Waals surface area contributed by atoms with Crippen molar-refractivity contribution in [1.29, 1.82) is 0 Å². The van der Waals surface area contributed by atoms with Crippen LogP contribution in [-0.2, 0) is 6.42 Å². The molecule has 20 heavy (non-hydrogen) atoms. The number of hydrogen-bond donors (Lipinski definition) is 1. The molecule has 0 unspecified atom stereocenters. The molecule has 110 valence electrons. The number of hydrogen-bond acceptors (Lipinski definition) is 4. The molecule has 2 aliphatic rings. The predicted octanol–water partition coefficient (Wildman–Crippen LogP) is 1.81. The third-order valence-electron chi connectivity index (χ3n) is 3.70. The molecule has 0 radical (unpaired) electrons. The molecule has 1 N–H and O–H groups in total. The highest BCUT2D eigenvalue weighted by atomic mass is 79.9. The van der Waals surface area contributed by atoms with E-state index in [9.17, 15) is 4.39 Å². The van der Waals surface area contributed by atoms with Crippen molar-refractivity contribution in [2.75, 3.05) is 45.9 Å². The van der Waals surface area contributed by atoms with Crippen LogP contribution < -0.4 is 14.8 Å². The molecule has 6 heteroatoms. The molecule has 0 atom stereocenters. The zero-order valence-corrected chi connectivity index (χ0v) is 12.8. The zero-order valence-electron chi connectivity index (χ0n) is 11.3. The summed E-state index contributed by atoms with van der Waals surface area (Å²) in [6, 6.07) is 1.77. The van der Waals surface area contributed by atoms with Gasteiger partial charge in [-0.2, -0.15) is 0 Å². The quantitative estimate of drug-likeness (QED) is 0.906. The molecule has 0 bridgehead atoms. The summed E-state index contributed by atoms with van der Waals surface area (Å²) in [7, 11) is 0. The zero-order chi connectivity index (χ0) is 13.9. The van der Waals surface area contributed by atoms with Gasteiger partial charge in [-0.15, -0.1) is 0 Å². The minimum Gasteiger partial charge on any atom is -0.486 e. The highest BCUT2D eigenvalue weighted by Crippen LogP contribution is 2.40. The van der Waals surface area contributed by atoms with Gasteiger partial charge in [-0.3, -0.25) is 0 Å². The number of piperazine rings is 1. The fraction of sp³-hybridized carbons (Fsp3) is 0.571. The minimum absolute atomic E-state index is 0.232. The maximum Gasteiger partial charge on any atom is 0.178 e. The lowest BCUT2D eigenvalue weighted by atomic mass is 10.1. The second-order valence-corrected chi connectivity index (χ2v) is 5.82. The molecule has 2 aliphatic heterocycles. The number of benzene rings is 1. The van der Waals surface area contributed by atoms with Crippen LogP contribution in [0.2, 0.25) is 0 Å². The molecule has 1 fully saturated rings. The molecule has 1 aromatic rings. The Morgan fingerprint density at radius 2 is 2.00 bits per heavy atom. The van der Waals surface area contributed by atoms with Crippen molar-refractivity contribution in [2.24, 2.45) is 0 Å². The van der Waals surface area contributed by atoms with Crippen molar-refractivity contribution in [3.05, 3.63) is 21.9 Å². The Morgan fingerprint density at radius 1 is 1.25 bits per heavy atom. The van der Waals surface area contributed by atoms with Gasteiger partial charge in [0.1, 0.15) is 19.0 Å². The molecule has 1 saturated heterocycles. The summed E-state index contributed by atoms with van der Waals surface area (Å²) in [6.45, 7) is 5.90. The van der Waals surface area contributed by atoms with E-state index in [0.29, 0.717) is 41.2 Å². The fourth-order valence-electron chi connectivity index (χ4n) is 2.57. The van der Waals surface area contributed by atoms with E-state index in [1.54, 1.807) is 6.07 Å².